The van der Waals surface area contributed by atoms with Gasteiger partial charge in [-0.25, -0.2) is 0 Å². The lowest BCUT2D eigenvalue weighted by Gasteiger charge is -2.38. The maximum absolute atomic E-state index is 12.7. The molecule has 0 aliphatic carbocycles. The Bertz CT molecular complexity index is 946. The van der Waals surface area contributed by atoms with Crippen LogP contribution in [0.15, 0.2) is 48.5 Å². The van der Waals surface area contributed by atoms with E-state index in [-0.39, 0.29) is 17.9 Å². The molecule has 2 aromatic carbocycles. The number of para-hydroxylation sites is 1. The molecule has 0 bridgehead atoms. The van der Waals surface area contributed by atoms with Crippen molar-refractivity contribution >= 4 is 17.7 Å². The minimum Gasteiger partial charge on any atom is -0.496 e. The van der Waals surface area contributed by atoms with Gasteiger partial charge in [-0.05, 0) is 31.0 Å². The number of amides is 3. The predicted molar refractivity (Wildman–Crippen MR) is 110 cm³/mol. The summed E-state index contributed by atoms with van der Waals surface area (Å²) in [6.07, 6.45) is 1.47. The highest BCUT2D eigenvalue weighted by atomic mass is 16.5. The molecule has 0 saturated carbocycles. The Morgan fingerprint density at radius 1 is 1.03 bits per heavy atom. The number of ether oxygens (including phenoxy) is 2. The van der Waals surface area contributed by atoms with Crippen molar-refractivity contribution in [2.45, 2.75) is 18.3 Å². The van der Waals surface area contributed by atoms with Crippen LogP contribution < -0.4 is 10.1 Å². The fraction of sp³-hybridized carbons (Fsp3) is 0.348. The van der Waals surface area contributed by atoms with Crippen molar-refractivity contribution in [1.82, 2.24) is 10.2 Å². The second kappa shape index (κ2) is 8.28. The summed E-state index contributed by atoms with van der Waals surface area (Å²) < 4.78 is 11.1. The average Bonchev–Trinajstić information content (AvgIpc) is 3.03. The van der Waals surface area contributed by atoms with Crippen molar-refractivity contribution in [2.24, 2.45) is 0 Å². The first kappa shape index (κ1) is 20.1. The van der Waals surface area contributed by atoms with Crippen molar-refractivity contribution in [1.29, 1.82) is 0 Å². The predicted octanol–water partition coefficient (Wildman–Crippen LogP) is 2.16. The molecule has 2 aromatic rings. The van der Waals surface area contributed by atoms with Gasteiger partial charge in [0.1, 0.15) is 12.3 Å². The Morgan fingerprint density at radius 2 is 1.63 bits per heavy atom. The van der Waals surface area contributed by atoms with Crippen molar-refractivity contribution in [3.05, 3.63) is 65.2 Å². The minimum atomic E-state index is -0.434. The van der Waals surface area contributed by atoms with E-state index < -0.39 is 11.8 Å². The average molecular weight is 408 g/mol. The van der Waals surface area contributed by atoms with E-state index in [4.69, 9.17) is 9.47 Å². The molecule has 7 nitrogen and oxygen atoms in total. The number of hydrogen-bond donors (Lipinski definition) is 1. The van der Waals surface area contributed by atoms with Gasteiger partial charge in [0, 0.05) is 30.7 Å². The van der Waals surface area contributed by atoms with Crippen molar-refractivity contribution in [2.75, 3.05) is 33.4 Å². The molecule has 0 aromatic heterocycles. The van der Waals surface area contributed by atoms with Gasteiger partial charge in [-0.1, -0.05) is 30.3 Å². The molecule has 156 valence electrons. The lowest BCUT2D eigenvalue weighted by molar-refractivity contribution is -0.121. The first-order chi connectivity index (χ1) is 14.6. The summed E-state index contributed by atoms with van der Waals surface area (Å²) in [5.74, 6) is -0.466. The van der Waals surface area contributed by atoms with Crippen LogP contribution in [-0.2, 0) is 14.9 Å². The van der Waals surface area contributed by atoms with Crippen LogP contribution in [0.1, 0.15) is 39.1 Å². The third-order valence-electron chi connectivity index (χ3n) is 5.93. The summed E-state index contributed by atoms with van der Waals surface area (Å²) in [6.45, 7) is 1.25. The summed E-state index contributed by atoms with van der Waals surface area (Å²) in [6, 6.07) is 14.4. The largest absolute Gasteiger partial charge is 0.496 e. The molecule has 1 fully saturated rings. The number of carbonyl (C=O) groups excluding carboxylic acids is 3. The number of rotatable bonds is 6. The van der Waals surface area contributed by atoms with E-state index in [1.165, 1.54) is 0 Å². The maximum atomic E-state index is 12.7. The van der Waals surface area contributed by atoms with Gasteiger partial charge in [0.05, 0.1) is 18.2 Å². The highest BCUT2D eigenvalue weighted by Gasteiger charge is 2.39. The summed E-state index contributed by atoms with van der Waals surface area (Å²) in [5.41, 5.74) is 1.37. The first-order valence-electron chi connectivity index (χ1n) is 9.99. The van der Waals surface area contributed by atoms with Gasteiger partial charge in [0.2, 0.25) is 5.91 Å². The normalized spacial score (nSPS) is 17.6. The molecular weight excluding hydrogens is 384 g/mol. The van der Waals surface area contributed by atoms with E-state index in [1.807, 2.05) is 24.3 Å². The summed E-state index contributed by atoms with van der Waals surface area (Å²) >= 11 is 0. The van der Waals surface area contributed by atoms with E-state index in [0.29, 0.717) is 30.9 Å². The highest BCUT2D eigenvalue weighted by Crippen LogP contribution is 2.39. The fourth-order valence-electron chi connectivity index (χ4n) is 4.24. The Morgan fingerprint density at radius 3 is 2.27 bits per heavy atom. The number of hydrogen-bond acceptors (Lipinski definition) is 5. The van der Waals surface area contributed by atoms with Crippen molar-refractivity contribution < 1.29 is 23.9 Å². The van der Waals surface area contributed by atoms with Gasteiger partial charge in [0.15, 0.2) is 0 Å². The van der Waals surface area contributed by atoms with E-state index in [1.54, 1.807) is 31.4 Å². The molecule has 0 atom stereocenters. The van der Waals surface area contributed by atoms with E-state index in [0.717, 1.165) is 29.1 Å². The second-order valence-electron chi connectivity index (χ2n) is 7.61. The summed E-state index contributed by atoms with van der Waals surface area (Å²) in [5, 5.41) is 2.94. The van der Waals surface area contributed by atoms with Gasteiger partial charge in [0.25, 0.3) is 11.8 Å². The molecular formula is C23H24N2O5. The quantitative estimate of drug-likeness (QED) is 0.741. The molecule has 0 radical (unpaired) electrons. The molecule has 1 saturated heterocycles. The smallest absolute Gasteiger partial charge is 0.262 e. The van der Waals surface area contributed by atoms with Crippen LogP contribution in [-0.4, -0.2) is 56.0 Å². The molecule has 2 heterocycles. The Kier molecular flexibility index (Phi) is 5.55. The molecule has 0 unspecified atom stereocenters. The number of methoxy groups -OCH3 is 1. The number of nitrogens with one attached hydrogen (secondary N) is 1. The van der Waals surface area contributed by atoms with Crippen LogP contribution in [0.4, 0.5) is 0 Å². The number of nitrogens with zero attached hydrogens (tertiary/aromatic N) is 1. The first-order valence-corrected chi connectivity index (χ1v) is 9.99. The number of fused-ring (bicyclic) bond motifs is 1. The van der Waals surface area contributed by atoms with Gasteiger partial charge in [-0.2, -0.15) is 0 Å². The fourth-order valence-corrected chi connectivity index (χ4v) is 4.24. The van der Waals surface area contributed by atoms with E-state index in [9.17, 15) is 14.4 Å². The van der Waals surface area contributed by atoms with Gasteiger partial charge < -0.3 is 14.8 Å². The zero-order valence-electron chi connectivity index (χ0n) is 16.8. The van der Waals surface area contributed by atoms with E-state index >= 15 is 0 Å². The Balaban J connectivity index is 1.48. The zero-order chi connectivity index (χ0) is 21.1. The molecule has 30 heavy (non-hydrogen) atoms. The molecule has 4 rings (SSSR count). The lowest BCUT2D eigenvalue weighted by atomic mass is 9.73. The number of carbonyl (C=O) groups is 3. The monoisotopic (exact) mass is 408 g/mol. The molecule has 0 spiro atoms. The van der Waals surface area contributed by atoms with Crippen LogP contribution in [0.3, 0.4) is 0 Å². The number of benzene rings is 2. The van der Waals surface area contributed by atoms with E-state index in [2.05, 4.69) is 5.32 Å². The molecule has 7 heteroatoms. The third-order valence-corrected chi connectivity index (χ3v) is 5.93. The van der Waals surface area contributed by atoms with Gasteiger partial charge in [-0.3, -0.25) is 19.3 Å². The summed E-state index contributed by atoms with van der Waals surface area (Å²) in [4.78, 5) is 38.7. The highest BCUT2D eigenvalue weighted by molar-refractivity contribution is 6.22. The Hall–Kier alpha value is -3.19. The number of imide groups is 1. The molecule has 2 aliphatic heterocycles. The van der Waals surface area contributed by atoms with Crippen LogP contribution in [0.25, 0.3) is 0 Å². The SMILES string of the molecule is COc1ccccc1C1(CNC(=O)CN2C(=O)c3ccccc3C2=O)CCOCC1. The van der Waals surface area contributed by atoms with Crippen LogP contribution >= 0.6 is 0 Å². The van der Waals surface area contributed by atoms with Crippen molar-refractivity contribution in [3.63, 3.8) is 0 Å². The topological polar surface area (TPSA) is 84.9 Å². The molecule has 1 N–H and O–H groups in total. The Labute approximate surface area is 175 Å². The minimum absolute atomic E-state index is 0.301. The molecule has 3 amide bonds. The van der Waals surface area contributed by atoms with Crippen molar-refractivity contribution in [3.8, 4) is 5.75 Å². The summed E-state index contributed by atoms with van der Waals surface area (Å²) in [7, 11) is 1.63. The van der Waals surface area contributed by atoms with Crippen LogP contribution in [0, 0.1) is 0 Å². The van der Waals surface area contributed by atoms with Gasteiger partial charge >= 0.3 is 0 Å². The zero-order valence-corrected chi connectivity index (χ0v) is 16.8. The second-order valence-corrected chi connectivity index (χ2v) is 7.61. The maximum Gasteiger partial charge on any atom is 0.262 e. The van der Waals surface area contributed by atoms with Gasteiger partial charge in [-0.15, -0.1) is 0 Å². The lowest BCUT2D eigenvalue weighted by Crippen LogP contribution is -2.48. The standard InChI is InChI=1S/C23H24N2O5/c1-29-19-9-5-4-8-18(19)23(10-12-30-13-11-23)15-24-20(26)14-25-21(27)16-6-2-3-7-17(16)22(25)28/h2-9H,10-15H2,1H3,(H,24,26). The van der Waals surface area contributed by atoms with Crippen LogP contribution in [0.5, 0.6) is 5.75 Å². The van der Waals surface area contributed by atoms with Crippen LogP contribution in [0.2, 0.25) is 0 Å². The molecule has 2 aliphatic rings. The third kappa shape index (κ3) is 3.57.